The van der Waals surface area contributed by atoms with Crippen LogP contribution in [0.25, 0.3) is 11.1 Å². The molecule has 0 spiro atoms. The van der Waals surface area contributed by atoms with Gasteiger partial charge in [-0.2, -0.15) is 0 Å². The number of rotatable bonds is 14. The van der Waals surface area contributed by atoms with Crippen LogP contribution < -0.4 is 16.4 Å². The van der Waals surface area contributed by atoms with Gasteiger partial charge in [0.25, 0.3) is 5.89 Å². The lowest BCUT2D eigenvalue weighted by atomic mass is 9.93. The third-order valence-corrected chi connectivity index (χ3v) is 8.85. The Kier molecular flexibility index (Phi) is 11.4. The number of fused-ring (bicyclic) bond motifs is 1. The Balaban J connectivity index is 1.29. The van der Waals surface area contributed by atoms with E-state index >= 15 is 0 Å². The highest BCUT2D eigenvalue weighted by Crippen LogP contribution is 2.26. The Morgan fingerprint density at radius 3 is 2.64 bits per heavy atom. The summed E-state index contributed by atoms with van der Waals surface area (Å²) < 4.78 is 11.9. The molecule has 0 bridgehead atoms. The summed E-state index contributed by atoms with van der Waals surface area (Å²) in [5.74, 6) is -0.391. The lowest BCUT2D eigenvalue weighted by Crippen LogP contribution is -2.51. The van der Waals surface area contributed by atoms with E-state index in [2.05, 4.69) is 15.6 Å². The van der Waals surface area contributed by atoms with Crippen molar-refractivity contribution in [1.82, 2.24) is 20.5 Å². The fraction of sp³-hybridized carbons (Fsp3) is 0.515. The number of nitrogens with two attached hydrogens (primary N) is 1. The SMILES string of the molecule is NCCCC[C@H](NC(=O)[C@@H]1C[C@@H](OCc2ccc(Cl)cc2)CN1C(=O)CCC1CCNCC1)C(=O)c1nc2ccccc2o1. The maximum atomic E-state index is 13.9. The summed E-state index contributed by atoms with van der Waals surface area (Å²) in [5, 5.41) is 6.96. The minimum absolute atomic E-state index is 0.0465. The van der Waals surface area contributed by atoms with Crippen LogP contribution in [0.4, 0.5) is 0 Å². The van der Waals surface area contributed by atoms with Crippen LogP contribution >= 0.6 is 11.6 Å². The third-order valence-electron chi connectivity index (χ3n) is 8.59. The molecule has 0 radical (unpaired) electrons. The van der Waals surface area contributed by atoms with Crippen molar-refractivity contribution in [3.8, 4) is 0 Å². The van der Waals surface area contributed by atoms with E-state index in [1.165, 1.54) is 0 Å². The van der Waals surface area contributed by atoms with Crippen molar-refractivity contribution in [3.63, 3.8) is 0 Å². The predicted octanol–water partition coefficient (Wildman–Crippen LogP) is 4.24. The summed E-state index contributed by atoms with van der Waals surface area (Å²) in [4.78, 5) is 47.0. The van der Waals surface area contributed by atoms with Crippen LogP contribution in [0.1, 0.15) is 67.6 Å². The number of Topliss-reactive ketones (excluding diaryl/α,β-unsaturated/α-hetero) is 1. The van der Waals surface area contributed by atoms with Gasteiger partial charge in [0.05, 0.1) is 18.8 Å². The van der Waals surface area contributed by atoms with Gasteiger partial charge in [0.2, 0.25) is 17.6 Å². The van der Waals surface area contributed by atoms with Crippen LogP contribution in [0.2, 0.25) is 5.02 Å². The van der Waals surface area contributed by atoms with Crippen LogP contribution in [0.5, 0.6) is 0 Å². The van der Waals surface area contributed by atoms with Gasteiger partial charge in [-0.15, -0.1) is 0 Å². The minimum atomic E-state index is -0.858. The van der Waals surface area contributed by atoms with E-state index in [1.807, 2.05) is 24.3 Å². The number of hydrogen-bond acceptors (Lipinski definition) is 8. The second kappa shape index (κ2) is 15.6. The number of likely N-dealkylation sites (tertiary alicyclic amines) is 1. The molecule has 1 aromatic heterocycles. The van der Waals surface area contributed by atoms with E-state index in [-0.39, 0.29) is 23.8 Å². The van der Waals surface area contributed by atoms with E-state index in [0.29, 0.717) is 73.8 Å². The molecule has 44 heavy (non-hydrogen) atoms. The number of carbonyl (C=O) groups is 3. The lowest BCUT2D eigenvalue weighted by Gasteiger charge is -2.27. The number of ketones is 1. The standard InChI is InChI=1S/C33H42ClN5O5/c34-24-11-8-23(9-12-24)21-43-25-19-28(39(20-25)30(40)13-10-22-14-17-36-18-15-22)32(42)37-27(6-3-4-16-35)31(41)33-38-26-5-1-2-7-29(26)44-33/h1-2,5,7-9,11-12,22,25,27-28,36H,3-4,6,10,13-21,35H2,(H,37,42)/t25-,27+,28+/m1/s1. The first-order valence-corrected chi connectivity index (χ1v) is 16.1. The molecule has 2 aliphatic rings. The molecule has 0 saturated carbocycles. The van der Waals surface area contributed by atoms with Crippen molar-refractivity contribution in [2.24, 2.45) is 11.7 Å². The number of nitrogens with zero attached hydrogens (tertiary/aromatic N) is 2. The largest absolute Gasteiger partial charge is 0.434 e. The number of oxazole rings is 1. The molecule has 2 saturated heterocycles. The van der Waals surface area contributed by atoms with Crippen molar-refractivity contribution in [2.45, 2.75) is 76.2 Å². The normalized spacial score (nSPS) is 19.7. The highest BCUT2D eigenvalue weighted by atomic mass is 35.5. The number of nitrogens with one attached hydrogen (secondary N) is 2. The number of benzene rings is 2. The summed E-state index contributed by atoms with van der Waals surface area (Å²) in [5.41, 5.74) is 7.74. The first-order chi connectivity index (χ1) is 21.4. The summed E-state index contributed by atoms with van der Waals surface area (Å²) in [6, 6.07) is 12.9. The first kappa shape index (κ1) is 32.1. The number of unbranched alkanes of at least 4 members (excludes halogenated alkanes) is 1. The van der Waals surface area contributed by atoms with Gasteiger partial charge in [-0.05, 0) is 93.9 Å². The van der Waals surface area contributed by atoms with Crippen molar-refractivity contribution in [2.75, 3.05) is 26.2 Å². The molecule has 2 amide bonds. The number of para-hydroxylation sites is 2. The van der Waals surface area contributed by atoms with Crippen LogP contribution in [-0.4, -0.2) is 71.8 Å². The average molecular weight is 624 g/mol. The van der Waals surface area contributed by atoms with Crippen molar-refractivity contribution in [3.05, 3.63) is 65.0 Å². The van der Waals surface area contributed by atoms with E-state index < -0.39 is 17.9 Å². The molecule has 2 aliphatic heterocycles. The molecular weight excluding hydrogens is 582 g/mol. The average Bonchev–Trinajstić information content (AvgIpc) is 3.68. The van der Waals surface area contributed by atoms with Gasteiger partial charge in [0.1, 0.15) is 11.6 Å². The zero-order chi connectivity index (χ0) is 30.9. The summed E-state index contributed by atoms with van der Waals surface area (Å²) in [6.07, 6.45) is 5.01. The van der Waals surface area contributed by atoms with Crippen LogP contribution in [0, 0.1) is 5.92 Å². The van der Waals surface area contributed by atoms with Gasteiger partial charge in [0, 0.05) is 24.4 Å². The number of aromatic nitrogens is 1. The van der Waals surface area contributed by atoms with Crippen LogP contribution in [0.3, 0.4) is 0 Å². The number of amides is 2. The Hall–Kier alpha value is -3.31. The monoisotopic (exact) mass is 623 g/mol. The maximum Gasteiger partial charge on any atom is 0.266 e. The first-order valence-electron chi connectivity index (χ1n) is 15.7. The highest BCUT2D eigenvalue weighted by Gasteiger charge is 2.41. The van der Waals surface area contributed by atoms with E-state index in [9.17, 15) is 14.4 Å². The molecule has 2 aromatic carbocycles. The Morgan fingerprint density at radius 1 is 1.11 bits per heavy atom. The molecule has 3 atom stereocenters. The van der Waals surface area contributed by atoms with E-state index in [1.54, 1.807) is 29.2 Å². The molecule has 3 heterocycles. The van der Waals surface area contributed by atoms with Crippen molar-refractivity contribution in [1.29, 1.82) is 0 Å². The van der Waals surface area contributed by atoms with Gasteiger partial charge in [0.15, 0.2) is 5.58 Å². The Morgan fingerprint density at radius 2 is 1.89 bits per heavy atom. The number of ether oxygens (including phenoxy) is 1. The Bertz CT molecular complexity index is 1370. The summed E-state index contributed by atoms with van der Waals surface area (Å²) >= 11 is 6.02. The van der Waals surface area contributed by atoms with Gasteiger partial charge in [-0.25, -0.2) is 4.98 Å². The number of halogens is 1. The van der Waals surface area contributed by atoms with Crippen molar-refractivity contribution >= 4 is 40.3 Å². The van der Waals surface area contributed by atoms with Gasteiger partial charge in [-0.3, -0.25) is 14.4 Å². The van der Waals surface area contributed by atoms with Crippen molar-refractivity contribution < 1.29 is 23.5 Å². The smallest absolute Gasteiger partial charge is 0.266 e. The predicted molar refractivity (Wildman–Crippen MR) is 168 cm³/mol. The Labute approximate surface area is 263 Å². The molecule has 3 aromatic rings. The minimum Gasteiger partial charge on any atom is -0.434 e. The molecule has 10 nitrogen and oxygen atoms in total. The zero-order valence-electron chi connectivity index (χ0n) is 25.0. The fourth-order valence-corrected chi connectivity index (χ4v) is 6.16. The topological polar surface area (TPSA) is 140 Å². The molecule has 5 rings (SSSR count). The second-order valence-corrected chi connectivity index (χ2v) is 12.2. The second-order valence-electron chi connectivity index (χ2n) is 11.8. The molecule has 2 fully saturated rings. The quantitative estimate of drug-likeness (QED) is 0.179. The maximum absolute atomic E-state index is 13.9. The van der Waals surface area contributed by atoms with Gasteiger partial charge < -0.3 is 30.4 Å². The summed E-state index contributed by atoms with van der Waals surface area (Å²) in [7, 11) is 0. The van der Waals surface area contributed by atoms with Gasteiger partial charge >= 0.3 is 0 Å². The van der Waals surface area contributed by atoms with E-state index in [4.69, 9.17) is 26.5 Å². The number of piperidine rings is 1. The molecule has 0 aliphatic carbocycles. The third kappa shape index (κ3) is 8.44. The van der Waals surface area contributed by atoms with Crippen LogP contribution in [-0.2, 0) is 20.9 Å². The zero-order valence-corrected chi connectivity index (χ0v) is 25.8. The van der Waals surface area contributed by atoms with E-state index in [0.717, 1.165) is 37.9 Å². The van der Waals surface area contributed by atoms with Gasteiger partial charge in [-0.1, -0.05) is 35.9 Å². The fourth-order valence-electron chi connectivity index (χ4n) is 6.03. The molecular formula is C33H42ClN5O5. The summed E-state index contributed by atoms with van der Waals surface area (Å²) in [6.45, 7) is 3.06. The molecule has 236 valence electrons. The number of carbonyl (C=O) groups excluding carboxylic acids is 3. The molecule has 4 N–H and O–H groups in total. The molecule has 0 unspecified atom stereocenters. The molecule has 11 heteroatoms. The van der Waals surface area contributed by atoms with Crippen LogP contribution in [0.15, 0.2) is 52.9 Å². The highest BCUT2D eigenvalue weighted by molar-refractivity contribution is 6.30. The lowest BCUT2D eigenvalue weighted by molar-refractivity contribution is -0.139. The number of hydrogen-bond donors (Lipinski definition) is 3.